The van der Waals surface area contributed by atoms with Crippen LogP contribution in [0.3, 0.4) is 0 Å². The molecule has 4 nitrogen and oxygen atoms in total. The SMILES string of the molecule is C=C(CNC1CC1)CN1C(=O)CC(C)(C)C1=O. The van der Waals surface area contributed by atoms with E-state index in [1.54, 1.807) is 0 Å². The van der Waals surface area contributed by atoms with E-state index in [0.717, 1.165) is 5.57 Å². The summed E-state index contributed by atoms with van der Waals surface area (Å²) in [7, 11) is 0. The van der Waals surface area contributed by atoms with Gasteiger partial charge in [-0.1, -0.05) is 20.4 Å². The molecule has 0 atom stereocenters. The van der Waals surface area contributed by atoms with Gasteiger partial charge in [-0.05, 0) is 18.4 Å². The van der Waals surface area contributed by atoms with Crippen LogP contribution in [0.4, 0.5) is 0 Å². The highest BCUT2D eigenvalue weighted by Crippen LogP contribution is 2.31. The van der Waals surface area contributed by atoms with Crippen LogP contribution < -0.4 is 5.32 Å². The van der Waals surface area contributed by atoms with Gasteiger partial charge in [-0.2, -0.15) is 0 Å². The maximum Gasteiger partial charge on any atom is 0.235 e. The summed E-state index contributed by atoms with van der Waals surface area (Å²) in [5.74, 6) is -0.150. The minimum Gasteiger partial charge on any atom is -0.310 e. The number of nitrogens with one attached hydrogen (secondary N) is 1. The van der Waals surface area contributed by atoms with Gasteiger partial charge in [0.25, 0.3) is 0 Å². The van der Waals surface area contributed by atoms with Gasteiger partial charge in [0, 0.05) is 19.0 Å². The lowest BCUT2D eigenvalue weighted by Crippen LogP contribution is -2.36. The highest BCUT2D eigenvalue weighted by molar-refractivity contribution is 6.05. The summed E-state index contributed by atoms with van der Waals surface area (Å²) >= 11 is 0. The fourth-order valence-corrected chi connectivity index (χ4v) is 2.04. The van der Waals surface area contributed by atoms with Crippen LogP contribution in [0.5, 0.6) is 0 Å². The molecule has 2 aliphatic rings. The molecule has 4 heteroatoms. The Hall–Kier alpha value is -1.16. The third-order valence-corrected chi connectivity index (χ3v) is 3.32. The predicted molar refractivity (Wildman–Crippen MR) is 65.3 cm³/mol. The molecule has 0 radical (unpaired) electrons. The van der Waals surface area contributed by atoms with Crippen LogP contribution in [-0.4, -0.2) is 35.8 Å². The van der Waals surface area contributed by atoms with E-state index < -0.39 is 5.41 Å². The second kappa shape index (κ2) is 4.26. The Kier molecular flexibility index (Phi) is 3.08. The van der Waals surface area contributed by atoms with Crippen LogP contribution in [0, 0.1) is 5.41 Å². The van der Waals surface area contributed by atoms with Gasteiger partial charge in [0.05, 0.1) is 12.0 Å². The maximum absolute atomic E-state index is 12.0. The molecule has 0 unspecified atom stereocenters. The van der Waals surface area contributed by atoms with Crippen molar-refractivity contribution in [1.82, 2.24) is 10.2 Å². The topological polar surface area (TPSA) is 49.4 Å². The minimum absolute atomic E-state index is 0.0740. The number of hydrogen-bond donors (Lipinski definition) is 1. The van der Waals surface area contributed by atoms with E-state index in [4.69, 9.17) is 0 Å². The molecule has 1 saturated carbocycles. The van der Waals surface area contributed by atoms with E-state index in [-0.39, 0.29) is 11.8 Å². The molecule has 1 N–H and O–H groups in total. The molecule has 94 valence electrons. The average molecular weight is 236 g/mol. The van der Waals surface area contributed by atoms with Gasteiger partial charge in [-0.15, -0.1) is 0 Å². The summed E-state index contributed by atoms with van der Waals surface area (Å²) in [5.41, 5.74) is 0.359. The van der Waals surface area contributed by atoms with Crippen molar-refractivity contribution >= 4 is 11.8 Å². The van der Waals surface area contributed by atoms with Crippen LogP contribution in [0.15, 0.2) is 12.2 Å². The van der Waals surface area contributed by atoms with Crippen LogP contribution >= 0.6 is 0 Å². The van der Waals surface area contributed by atoms with Crippen molar-refractivity contribution in [2.24, 2.45) is 5.41 Å². The standard InChI is InChI=1S/C13H20N2O2/c1-9(7-14-10-4-5-10)8-15-11(16)6-13(2,3)12(15)17/h10,14H,1,4-8H2,2-3H3. The Labute approximate surface area is 102 Å². The quantitative estimate of drug-likeness (QED) is 0.574. The number of rotatable bonds is 5. The van der Waals surface area contributed by atoms with E-state index in [1.165, 1.54) is 17.7 Å². The second-order valence-electron chi connectivity index (χ2n) is 5.75. The van der Waals surface area contributed by atoms with Crippen LogP contribution in [-0.2, 0) is 9.59 Å². The Bertz CT molecular complexity index is 370. The largest absolute Gasteiger partial charge is 0.310 e. The number of amides is 2. The summed E-state index contributed by atoms with van der Waals surface area (Å²) < 4.78 is 0. The Morgan fingerprint density at radius 3 is 2.59 bits per heavy atom. The predicted octanol–water partition coefficient (Wildman–Crippen LogP) is 1.08. The van der Waals surface area contributed by atoms with E-state index in [0.29, 0.717) is 25.6 Å². The lowest BCUT2D eigenvalue weighted by Gasteiger charge is -2.19. The Morgan fingerprint density at radius 1 is 1.47 bits per heavy atom. The third kappa shape index (κ3) is 2.75. The van der Waals surface area contributed by atoms with Crippen molar-refractivity contribution in [2.75, 3.05) is 13.1 Å². The maximum atomic E-state index is 12.0. The first-order chi connectivity index (χ1) is 7.90. The fourth-order valence-electron chi connectivity index (χ4n) is 2.04. The number of nitrogens with zero attached hydrogens (tertiary/aromatic N) is 1. The van der Waals surface area contributed by atoms with Gasteiger partial charge in [-0.3, -0.25) is 14.5 Å². The van der Waals surface area contributed by atoms with Crippen LogP contribution in [0.2, 0.25) is 0 Å². The first-order valence-corrected chi connectivity index (χ1v) is 6.15. The molecule has 1 aliphatic carbocycles. The number of imide groups is 1. The van der Waals surface area contributed by atoms with Crippen molar-refractivity contribution in [3.8, 4) is 0 Å². The summed E-state index contributed by atoms with van der Waals surface area (Å²) in [4.78, 5) is 25.0. The lowest BCUT2D eigenvalue weighted by atomic mass is 9.92. The van der Waals surface area contributed by atoms with Crippen molar-refractivity contribution in [2.45, 2.75) is 39.2 Å². The molecule has 0 aromatic heterocycles. The molecule has 1 aliphatic heterocycles. The minimum atomic E-state index is -0.540. The normalized spacial score (nSPS) is 23.3. The molecular weight excluding hydrogens is 216 g/mol. The van der Waals surface area contributed by atoms with E-state index in [2.05, 4.69) is 11.9 Å². The van der Waals surface area contributed by atoms with E-state index >= 15 is 0 Å². The summed E-state index contributed by atoms with van der Waals surface area (Å²) in [6, 6.07) is 0.619. The smallest absolute Gasteiger partial charge is 0.235 e. The zero-order valence-electron chi connectivity index (χ0n) is 10.6. The molecule has 2 fully saturated rings. The first-order valence-electron chi connectivity index (χ1n) is 6.15. The van der Waals surface area contributed by atoms with Crippen molar-refractivity contribution < 1.29 is 9.59 Å². The van der Waals surface area contributed by atoms with Gasteiger partial charge < -0.3 is 5.32 Å². The molecule has 17 heavy (non-hydrogen) atoms. The number of carbonyl (C=O) groups excluding carboxylic acids is 2. The van der Waals surface area contributed by atoms with Crippen LogP contribution in [0.1, 0.15) is 33.1 Å². The van der Waals surface area contributed by atoms with Gasteiger partial charge in [0.2, 0.25) is 11.8 Å². The molecule has 0 spiro atoms. The van der Waals surface area contributed by atoms with Gasteiger partial charge in [-0.25, -0.2) is 0 Å². The molecule has 2 amide bonds. The lowest BCUT2D eigenvalue weighted by molar-refractivity contribution is -0.140. The van der Waals surface area contributed by atoms with Crippen molar-refractivity contribution in [3.05, 3.63) is 12.2 Å². The zero-order chi connectivity index (χ0) is 12.6. The Balaban J connectivity index is 1.87. The molecule has 2 rings (SSSR count). The monoisotopic (exact) mass is 236 g/mol. The highest BCUT2D eigenvalue weighted by atomic mass is 16.2. The third-order valence-electron chi connectivity index (χ3n) is 3.32. The molecule has 1 heterocycles. The second-order valence-corrected chi connectivity index (χ2v) is 5.75. The summed E-state index contributed by atoms with van der Waals surface area (Å²) in [6.07, 6.45) is 2.76. The van der Waals surface area contributed by atoms with E-state index in [1.807, 2.05) is 13.8 Å². The van der Waals surface area contributed by atoms with Gasteiger partial charge in [0.15, 0.2) is 0 Å². The number of carbonyl (C=O) groups is 2. The Morgan fingerprint density at radius 2 is 2.12 bits per heavy atom. The van der Waals surface area contributed by atoms with Gasteiger partial charge in [0.1, 0.15) is 0 Å². The molecule has 0 bridgehead atoms. The highest BCUT2D eigenvalue weighted by Gasteiger charge is 2.44. The molecule has 0 aromatic rings. The average Bonchev–Trinajstić information content (AvgIpc) is 3.01. The van der Waals surface area contributed by atoms with E-state index in [9.17, 15) is 9.59 Å². The van der Waals surface area contributed by atoms with Crippen LogP contribution in [0.25, 0.3) is 0 Å². The molecule has 1 saturated heterocycles. The molecule has 0 aromatic carbocycles. The summed E-state index contributed by atoms with van der Waals surface area (Å²) in [6.45, 7) is 8.62. The fraction of sp³-hybridized carbons (Fsp3) is 0.692. The van der Waals surface area contributed by atoms with Gasteiger partial charge >= 0.3 is 0 Å². The number of likely N-dealkylation sites (tertiary alicyclic amines) is 1. The summed E-state index contributed by atoms with van der Waals surface area (Å²) in [5, 5.41) is 3.33. The zero-order valence-corrected chi connectivity index (χ0v) is 10.6. The molecular formula is C13H20N2O2. The first kappa shape index (κ1) is 12.3. The van der Waals surface area contributed by atoms with Crippen molar-refractivity contribution in [3.63, 3.8) is 0 Å². The van der Waals surface area contributed by atoms with Crippen molar-refractivity contribution in [1.29, 1.82) is 0 Å². The number of hydrogen-bond acceptors (Lipinski definition) is 3.